The van der Waals surface area contributed by atoms with Crippen LogP contribution in [0.1, 0.15) is 35.6 Å². The van der Waals surface area contributed by atoms with E-state index >= 15 is 0 Å². The van der Waals surface area contributed by atoms with Crippen LogP contribution in [0.25, 0.3) is 5.57 Å². The van der Waals surface area contributed by atoms with Crippen LogP contribution in [0.15, 0.2) is 84.9 Å². The summed E-state index contributed by atoms with van der Waals surface area (Å²) in [7, 11) is 0. The molecule has 9 heteroatoms. The number of carbonyl (C=O) groups is 3. The summed E-state index contributed by atoms with van der Waals surface area (Å²) in [5.74, 6) is -4.51. The van der Waals surface area contributed by atoms with Crippen LogP contribution in [-0.2, 0) is 14.4 Å². The van der Waals surface area contributed by atoms with Crippen molar-refractivity contribution >= 4 is 23.3 Å². The third-order valence-electron chi connectivity index (χ3n) is 6.30. The molecule has 0 unspecified atom stereocenters. The highest BCUT2D eigenvalue weighted by atomic mass is 19.1. The number of aliphatic hydroxyl groups is 1. The molecule has 3 aromatic rings. The quantitative estimate of drug-likeness (QED) is 0.385. The number of aliphatic hydroxyl groups excluding tert-OH is 1. The summed E-state index contributed by atoms with van der Waals surface area (Å²) in [5.41, 5.74) is 2.34. The standard InChI is InChI=1S/C29H27F2N3O4/c1-17(33-29(38)26(35)20-12-22(30)15-23(31)13-20)27(36)34-25-24(19-10-6-3-7-11-19)14-21(16-32-28(25)37)18-8-4-2-5-9-18/h2-15,17,24-26,35H,16H2,1H3,(H,32,37)(H,33,38)(H,34,36)/t17-,24+,25-,26+/m0/s1. The van der Waals surface area contributed by atoms with Crippen molar-refractivity contribution < 1.29 is 28.3 Å². The lowest BCUT2D eigenvalue weighted by molar-refractivity contribution is -0.135. The van der Waals surface area contributed by atoms with Crippen molar-refractivity contribution in [2.75, 3.05) is 6.54 Å². The van der Waals surface area contributed by atoms with E-state index in [2.05, 4.69) is 16.0 Å². The van der Waals surface area contributed by atoms with E-state index in [1.54, 1.807) is 0 Å². The zero-order valence-electron chi connectivity index (χ0n) is 20.5. The lowest BCUT2D eigenvalue weighted by Crippen LogP contribution is -2.54. The third-order valence-corrected chi connectivity index (χ3v) is 6.30. The SMILES string of the molecule is C[C@H](NC(=O)[C@H](O)c1cc(F)cc(F)c1)C(=O)N[C@@H]1C(=O)NCC(c2ccccc2)=C[C@@H]1c1ccccc1. The van der Waals surface area contributed by atoms with Gasteiger partial charge in [0.15, 0.2) is 6.10 Å². The van der Waals surface area contributed by atoms with Crippen molar-refractivity contribution in [1.82, 2.24) is 16.0 Å². The normalized spacial score (nSPS) is 18.8. The van der Waals surface area contributed by atoms with Crippen molar-refractivity contribution in [3.63, 3.8) is 0 Å². The number of carbonyl (C=O) groups excluding carboxylic acids is 3. The van der Waals surface area contributed by atoms with Crippen LogP contribution in [-0.4, -0.2) is 41.5 Å². The lowest BCUT2D eigenvalue weighted by atomic mass is 9.88. The van der Waals surface area contributed by atoms with Crippen LogP contribution < -0.4 is 16.0 Å². The van der Waals surface area contributed by atoms with E-state index in [-0.39, 0.29) is 12.1 Å². The molecule has 4 N–H and O–H groups in total. The second-order valence-corrected chi connectivity index (χ2v) is 9.03. The van der Waals surface area contributed by atoms with E-state index in [1.165, 1.54) is 6.92 Å². The maximum atomic E-state index is 13.5. The summed E-state index contributed by atoms with van der Waals surface area (Å²) in [5, 5.41) is 18.2. The Balaban J connectivity index is 1.53. The Labute approximate surface area is 218 Å². The Kier molecular flexibility index (Phi) is 8.28. The van der Waals surface area contributed by atoms with Gasteiger partial charge in [-0.05, 0) is 41.3 Å². The van der Waals surface area contributed by atoms with Crippen molar-refractivity contribution in [3.8, 4) is 0 Å². The highest BCUT2D eigenvalue weighted by Gasteiger charge is 2.34. The van der Waals surface area contributed by atoms with Gasteiger partial charge in [-0.2, -0.15) is 0 Å². The van der Waals surface area contributed by atoms with Crippen LogP contribution in [0.2, 0.25) is 0 Å². The monoisotopic (exact) mass is 519 g/mol. The number of halogens is 2. The number of nitrogens with one attached hydrogen (secondary N) is 3. The molecular weight excluding hydrogens is 492 g/mol. The minimum absolute atomic E-state index is 0.265. The van der Waals surface area contributed by atoms with Gasteiger partial charge in [-0.25, -0.2) is 8.78 Å². The predicted octanol–water partition coefficient (Wildman–Crippen LogP) is 2.98. The van der Waals surface area contributed by atoms with E-state index in [1.807, 2.05) is 66.7 Å². The summed E-state index contributed by atoms with van der Waals surface area (Å²) in [6, 6.07) is 18.9. The van der Waals surface area contributed by atoms with Gasteiger partial charge in [0.2, 0.25) is 11.8 Å². The second-order valence-electron chi connectivity index (χ2n) is 9.03. The molecule has 3 amide bonds. The topological polar surface area (TPSA) is 108 Å². The number of hydrogen-bond acceptors (Lipinski definition) is 4. The van der Waals surface area contributed by atoms with E-state index in [0.717, 1.165) is 28.8 Å². The fourth-order valence-electron chi connectivity index (χ4n) is 4.32. The van der Waals surface area contributed by atoms with Crippen molar-refractivity contribution in [3.05, 3.63) is 113 Å². The minimum atomic E-state index is -1.90. The molecule has 0 saturated heterocycles. The molecule has 4 rings (SSSR count). The molecule has 3 aromatic carbocycles. The highest BCUT2D eigenvalue weighted by molar-refractivity contribution is 5.94. The largest absolute Gasteiger partial charge is 0.378 e. The van der Waals surface area contributed by atoms with Crippen molar-refractivity contribution in [1.29, 1.82) is 0 Å². The molecule has 1 aliphatic rings. The average Bonchev–Trinajstić information content (AvgIpc) is 3.07. The summed E-state index contributed by atoms with van der Waals surface area (Å²) >= 11 is 0. The molecule has 4 atom stereocenters. The van der Waals surface area contributed by atoms with Crippen LogP contribution in [0.5, 0.6) is 0 Å². The second kappa shape index (κ2) is 11.8. The van der Waals surface area contributed by atoms with Gasteiger partial charge >= 0.3 is 0 Å². The molecule has 0 aliphatic carbocycles. The van der Waals surface area contributed by atoms with E-state index in [4.69, 9.17) is 0 Å². The summed E-state index contributed by atoms with van der Waals surface area (Å²) in [6.45, 7) is 1.64. The van der Waals surface area contributed by atoms with Crippen molar-refractivity contribution in [2.45, 2.75) is 31.0 Å². The molecule has 1 aliphatic heterocycles. The zero-order chi connectivity index (χ0) is 27.2. The molecule has 7 nitrogen and oxygen atoms in total. The zero-order valence-corrected chi connectivity index (χ0v) is 20.5. The van der Waals surface area contributed by atoms with E-state index in [9.17, 15) is 28.3 Å². The van der Waals surface area contributed by atoms with Gasteiger partial charge in [0, 0.05) is 18.5 Å². The molecule has 38 heavy (non-hydrogen) atoms. The summed E-state index contributed by atoms with van der Waals surface area (Å²) in [6.07, 6.45) is 0.0454. The molecule has 0 aromatic heterocycles. The molecule has 0 saturated carbocycles. The number of amides is 3. The summed E-state index contributed by atoms with van der Waals surface area (Å²) < 4.78 is 27.0. The van der Waals surface area contributed by atoms with Gasteiger partial charge in [-0.3, -0.25) is 14.4 Å². The van der Waals surface area contributed by atoms with Crippen LogP contribution in [0.3, 0.4) is 0 Å². The fraction of sp³-hybridized carbons (Fsp3) is 0.207. The third kappa shape index (κ3) is 6.30. The van der Waals surface area contributed by atoms with Crippen LogP contribution >= 0.6 is 0 Å². The number of rotatable bonds is 7. The first-order valence-corrected chi connectivity index (χ1v) is 12.1. The van der Waals surface area contributed by atoms with E-state index < -0.39 is 53.5 Å². The van der Waals surface area contributed by atoms with Gasteiger partial charge < -0.3 is 21.1 Å². The van der Waals surface area contributed by atoms with E-state index in [0.29, 0.717) is 6.07 Å². The first-order valence-electron chi connectivity index (χ1n) is 12.1. The molecule has 1 heterocycles. The first-order chi connectivity index (χ1) is 18.2. The van der Waals surface area contributed by atoms with Crippen LogP contribution in [0.4, 0.5) is 8.78 Å². The smallest absolute Gasteiger partial charge is 0.254 e. The maximum Gasteiger partial charge on any atom is 0.254 e. The Morgan fingerprint density at radius 1 is 0.947 bits per heavy atom. The molecule has 0 spiro atoms. The van der Waals surface area contributed by atoms with Gasteiger partial charge in [0.05, 0.1) is 0 Å². The Bertz CT molecular complexity index is 1330. The molecule has 196 valence electrons. The summed E-state index contributed by atoms with van der Waals surface area (Å²) in [4.78, 5) is 38.7. The molecule has 0 fully saturated rings. The number of benzene rings is 3. The average molecular weight is 520 g/mol. The Morgan fingerprint density at radius 3 is 2.18 bits per heavy atom. The number of hydrogen-bond donors (Lipinski definition) is 4. The molecular formula is C29H27F2N3O4. The maximum absolute atomic E-state index is 13.5. The molecule has 0 bridgehead atoms. The lowest BCUT2D eigenvalue weighted by Gasteiger charge is -2.26. The van der Waals surface area contributed by atoms with Gasteiger partial charge in [-0.1, -0.05) is 66.7 Å². The first kappa shape index (κ1) is 26.7. The van der Waals surface area contributed by atoms with Crippen molar-refractivity contribution in [2.24, 2.45) is 0 Å². The minimum Gasteiger partial charge on any atom is -0.378 e. The van der Waals surface area contributed by atoms with Gasteiger partial charge in [-0.15, -0.1) is 0 Å². The molecule has 0 radical (unpaired) electrons. The Morgan fingerprint density at radius 2 is 1.55 bits per heavy atom. The fourth-order valence-corrected chi connectivity index (χ4v) is 4.32. The van der Waals surface area contributed by atoms with Crippen LogP contribution in [0, 0.1) is 11.6 Å². The van der Waals surface area contributed by atoms with Gasteiger partial charge in [0.25, 0.3) is 5.91 Å². The Hall–Kier alpha value is -4.37. The van der Waals surface area contributed by atoms with Gasteiger partial charge in [0.1, 0.15) is 23.7 Å². The predicted molar refractivity (Wildman–Crippen MR) is 137 cm³/mol. The highest BCUT2D eigenvalue weighted by Crippen LogP contribution is 2.29.